The number of furan rings is 1. The maximum atomic E-state index is 12.6. The minimum Gasteiger partial charge on any atom is -0.462 e. The molecule has 1 aliphatic heterocycles. The van der Waals surface area contributed by atoms with Gasteiger partial charge in [0.05, 0.1) is 18.3 Å². The van der Waals surface area contributed by atoms with Crippen LogP contribution in [-0.4, -0.2) is 58.4 Å². The first-order chi connectivity index (χ1) is 10.6. The summed E-state index contributed by atoms with van der Waals surface area (Å²) in [5.74, 6) is 1.60. The molecular formula is C14H15N3O3S2. The van der Waals surface area contributed by atoms with Gasteiger partial charge >= 0.3 is 0 Å². The van der Waals surface area contributed by atoms with Gasteiger partial charge in [0.2, 0.25) is 5.91 Å². The van der Waals surface area contributed by atoms with Crippen molar-refractivity contribution in [3.8, 4) is 10.8 Å². The Morgan fingerprint density at radius 2 is 2.27 bits per heavy atom. The van der Waals surface area contributed by atoms with E-state index in [9.17, 15) is 9.59 Å². The molecular weight excluding hydrogens is 322 g/mol. The molecule has 3 heterocycles. The van der Waals surface area contributed by atoms with Gasteiger partial charge in [-0.15, -0.1) is 23.1 Å². The van der Waals surface area contributed by atoms with Gasteiger partial charge < -0.3 is 14.2 Å². The summed E-state index contributed by atoms with van der Waals surface area (Å²) in [7, 11) is 3.41. The molecule has 1 aliphatic rings. The molecule has 1 atom stereocenters. The van der Waals surface area contributed by atoms with Crippen molar-refractivity contribution in [1.29, 1.82) is 0 Å². The Bertz CT molecular complexity index is 681. The average Bonchev–Trinajstić information content (AvgIpc) is 3.24. The first kappa shape index (κ1) is 15.1. The van der Waals surface area contributed by atoms with Gasteiger partial charge in [0.25, 0.3) is 5.91 Å². The number of amides is 2. The summed E-state index contributed by atoms with van der Waals surface area (Å²) in [5.41, 5.74) is 0. The highest BCUT2D eigenvalue weighted by Gasteiger charge is 2.36. The molecule has 0 bridgehead atoms. The fraction of sp³-hybridized carbons (Fsp3) is 0.357. The third kappa shape index (κ3) is 2.76. The molecule has 6 nitrogen and oxygen atoms in total. The molecule has 2 aromatic rings. The van der Waals surface area contributed by atoms with E-state index < -0.39 is 6.04 Å². The molecule has 1 saturated heterocycles. The van der Waals surface area contributed by atoms with Gasteiger partial charge in [-0.25, -0.2) is 4.98 Å². The largest absolute Gasteiger partial charge is 0.462 e. The number of rotatable bonds is 3. The lowest BCUT2D eigenvalue weighted by Crippen LogP contribution is -2.46. The van der Waals surface area contributed by atoms with Crippen molar-refractivity contribution in [3.05, 3.63) is 29.5 Å². The second-order valence-electron chi connectivity index (χ2n) is 5.03. The summed E-state index contributed by atoms with van der Waals surface area (Å²) >= 11 is 2.86. The molecule has 8 heteroatoms. The first-order valence-corrected chi connectivity index (χ1v) is 8.64. The molecule has 0 aromatic carbocycles. The second-order valence-corrected chi connectivity index (χ2v) is 7.06. The van der Waals surface area contributed by atoms with Crippen LogP contribution in [0, 0.1) is 0 Å². The zero-order valence-electron chi connectivity index (χ0n) is 12.2. The van der Waals surface area contributed by atoms with Crippen LogP contribution in [0.15, 0.2) is 29.0 Å². The maximum Gasteiger partial charge on any atom is 0.266 e. The lowest BCUT2D eigenvalue weighted by Gasteiger charge is -2.24. The van der Waals surface area contributed by atoms with Gasteiger partial charge in [-0.1, -0.05) is 0 Å². The molecule has 2 aromatic heterocycles. The SMILES string of the molecule is CN(C)C(=O)C1CSCN1C(=O)c1cnc(-c2ccco2)s1. The van der Waals surface area contributed by atoms with Crippen molar-refractivity contribution in [1.82, 2.24) is 14.8 Å². The molecule has 3 rings (SSSR count). The van der Waals surface area contributed by atoms with Crippen LogP contribution in [0.2, 0.25) is 0 Å². The minimum absolute atomic E-state index is 0.0471. The zero-order valence-corrected chi connectivity index (χ0v) is 13.8. The molecule has 0 radical (unpaired) electrons. The number of carbonyl (C=O) groups excluding carboxylic acids is 2. The van der Waals surface area contributed by atoms with Crippen LogP contribution in [-0.2, 0) is 4.79 Å². The van der Waals surface area contributed by atoms with Crippen molar-refractivity contribution in [3.63, 3.8) is 0 Å². The van der Waals surface area contributed by atoms with Gasteiger partial charge in [0, 0.05) is 19.8 Å². The second kappa shape index (κ2) is 6.13. The Balaban J connectivity index is 1.80. The number of hydrogen-bond donors (Lipinski definition) is 0. The Morgan fingerprint density at radius 1 is 1.45 bits per heavy atom. The Labute approximate surface area is 136 Å². The van der Waals surface area contributed by atoms with Crippen LogP contribution in [0.1, 0.15) is 9.67 Å². The molecule has 1 fully saturated rings. The fourth-order valence-electron chi connectivity index (χ4n) is 2.17. The number of nitrogens with zero attached hydrogens (tertiary/aromatic N) is 3. The summed E-state index contributed by atoms with van der Waals surface area (Å²) in [6, 6.07) is 3.18. The van der Waals surface area contributed by atoms with Gasteiger partial charge in [-0.3, -0.25) is 9.59 Å². The average molecular weight is 337 g/mol. The topological polar surface area (TPSA) is 66.7 Å². The first-order valence-electron chi connectivity index (χ1n) is 6.67. The van der Waals surface area contributed by atoms with E-state index in [1.54, 1.807) is 55.3 Å². The van der Waals surface area contributed by atoms with Crippen molar-refractivity contribution in [2.45, 2.75) is 6.04 Å². The summed E-state index contributed by atoms with van der Waals surface area (Å²) in [6.07, 6.45) is 3.12. The van der Waals surface area contributed by atoms with Gasteiger partial charge in [0.15, 0.2) is 10.8 Å². The van der Waals surface area contributed by atoms with Gasteiger partial charge in [-0.2, -0.15) is 0 Å². The van der Waals surface area contributed by atoms with Gasteiger partial charge in [0.1, 0.15) is 10.9 Å². The molecule has 0 saturated carbocycles. The standard InChI is InChI=1S/C14H15N3O3S2/c1-16(2)13(18)9-7-21-8-17(9)14(19)11-6-15-12(22-11)10-4-3-5-20-10/h3-6,9H,7-8H2,1-2H3. The van der Waals surface area contributed by atoms with Crippen LogP contribution in [0.4, 0.5) is 0 Å². The molecule has 22 heavy (non-hydrogen) atoms. The molecule has 0 spiro atoms. The van der Waals surface area contributed by atoms with Gasteiger partial charge in [-0.05, 0) is 12.1 Å². The van der Waals surface area contributed by atoms with E-state index in [0.29, 0.717) is 27.3 Å². The summed E-state index contributed by atoms with van der Waals surface area (Å²) in [6.45, 7) is 0. The van der Waals surface area contributed by atoms with Crippen molar-refractivity contribution < 1.29 is 14.0 Å². The predicted octanol–water partition coefficient (Wildman–Crippen LogP) is 2.01. The van der Waals surface area contributed by atoms with Crippen molar-refractivity contribution >= 4 is 34.9 Å². The van der Waals surface area contributed by atoms with Crippen molar-refractivity contribution in [2.24, 2.45) is 0 Å². The fourth-order valence-corrected chi connectivity index (χ4v) is 4.16. The Hall–Kier alpha value is -1.80. The van der Waals surface area contributed by atoms with Crippen LogP contribution in [0.25, 0.3) is 10.8 Å². The summed E-state index contributed by atoms with van der Waals surface area (Å²) < 4.78 is 5.29. The quantitative estimate of drug-likeness (QED) is 0.857. The van der Waals surface area contributed by atoms with Crippen LogP contribution >= 0.6 is 23.1 Å². The van der Waals surface area contributed by atoms with E-state index >= 15 is 0 Å². The molecule has 2 amide bonds. The monoisotopic (exact) mass is 337 g/mol. The number of thiazole rings is 1. The smallest absolute Gasteiger partial charge is 0.266 e. The number of hydrogen-bond acceptors (Lipinski definition) is 6. The van der Waals surface area contributed by atoms with Crippen LogP contribution in [0.5, 0.6) is 0 Å². The number of aromatic nitrogens is 1. The van der Waals surface area contributed by atoms with Crippen molar-refractivity contribution in [2.75, 3.05) is 25.7 Å². The highest BCUT2D eigenvalue weighted by atomic mass is 32.2. The lowest BCUT2D eigenvalue weighted by molar-refractivity contribution is -0.132. The van der Waals surface area contributed by atoms with E-state index in [-0.39, 0.29) is 11.8 Å². The lowest BCUT2D eigenvalue weighted by atomic mass is 10.2. The number of likely N-dealkylation sites (N-methyl/N-ethyl adjacent to an activating group) is 1. The number of thioether (sulfide) groups is 1. The molecule has 1 unspecified atom stereocenters. The highest BCUT2D eigenvalue weighted by Crippen LogP contribution is 2.29. The zero-order chi connectivity index (χ0) is 15.7. The van der Waals surface area contributed by atoms with E-state index in [2.05, 4.69) is 4.98 Å². The molecule has 116 valence electrons. The highest BCUT2D eigenvalue weighted by molar-refractivity contribution is 7.99. The van der Waals surface area contributed by atoms with E-state index in [0.717, 1.165) is 0 Å². The predicted molar refractivity (Wildman–Crippen MR) is 85.8 cm³/mol. The van der Waals surface area contributed by atoms with E-state index in [1.807, 2.05) is 0 Å². The number of carbonyl (C=O) groups is 2. The molecule has 0 aliphatic carbocycles. The van der Waals surface area contributed by atoms with Crippen LogP contribution in [0.3, 0.4) is 0 Å². The van der Waals surface area contributed by atoms with Crippen LogP contribution < -0.4 is 0 Å². The maximum absolute atomic E-state index is 12.6. The third-order valence-electron chi connectivity index (χ3n) is 3.32. The minimum atomic E-state index is -0.401. The van der Waals surface area contributed by atoms with E-state index in [1.165, 1.54) is 16.2 Å². The third-order valence-corrected chi connectivity index (χ3v) is 5.33. The van der Waals surface area contributed by atoms with E-state index in [4.69, 9.17) is 4.42 Å². The Morgan fingerprint density at radius 3 is 2.95 bits per heavy atom. The Kier molecular flexibility index (Phi) is 4.21. The normalized spacial score (nSPS) is 17.7. The molecule has 0 N–H and O–H groups in total. The summed E-state index contributed by atoms with van der Waals surface area (Å²) in [4.78, 5) is 32.7. The summed E-state index contributed by atoms with van der Waals surface area (Å²) in [5, 5.41) is 0.663.